The predicted molar refractivity (Wildman–Crippen MR) is 76.3 cm³/mol. The maximum Gasteiger partial charge on any atom is 0.408 e. The van der Waals surface area contributed by atoms with E-state index in [0.717, 1.165) is 25.7 Å². The van der Waals surface area contributed by atoms with Gasteiger partial charge in [0.2, 0.25) is 0 Å². The van der Waals surface area contributed by atoms with Crippen LogP contribution in [0.15, 0.2) is 12.2 Å². The molecule has 114 valence electrons. The Kier molecular flexibility index (Phi) is 6.05. The Morgan fingerprint density at radius 3 is 2.40 bits per heavy atom. The highest BCUT2D eigenvalue weighted by molar-refractivity contribution is 5.68. The van der Waals surface area contributed by atoms with Crippen LogP contribution >= 0.6 is 0 Å². The SMILES string of the molecule is CC(=O)O[C@@H]1C=C[C@H](NC(=O)OC(C)(C)C)CCCC1. The summed E-state index contributed by atoms with van der Waals surface area (Å²) in [5.41, 5.74) is -0.504. The van der Waals surface area contributed by atoms with E-state index in [4.69, 9.17) is 9.47 Å². The Bertz CT molecular complexity index is 371. The normalized spacial score (nSPS) is 23.4. The molecule has 0 aliphatic heterocycles. The summed E-state index contributed by atoms with van der Waals surface area (Å²) < 4.78 is 10.4. The van der Waals surface area contributed by atoms with Gasteiger partial charge in [0.25, 0.3) is 0 Å². The Labute approximate surface area is 120 Å². The molecular weight excluding hydrogens is 258 g/mol. The highest BCUT2D eigenvalue weighted by Gasteiger charge is 2.20. The molecule has 0 aromatic heterocycles. The summed E-state index contributed by atoms with van der Waals surface area (Å²) in [5, 5.41) is 2.83. The second kappa shape index (κ2) is 7.31. The molecule has 5 nitrogen and oxygen atoms in total. The summed E-state index contributed by atoms with van der Waals surface area (Å²) in [6.45, 7) is 6.90. The number of ether oxygens (including phenoxy) is 2. The van der Waals surface area contributed by atoms with Crippen LogP contribution in [0.25, 0.3) is 0 Å². The van der Waals surface area contributed by atoms with E-state index in [0.29, 0.717) is 0 Å². The molecule has 1 aliphatic carbocycles. The molecule has 0 spiro atoms. The zero-order valence-corrected chi connectivity index (χ0v) is 12.8. The van der Waals surface area contributed by atoms with Gasteiger partial charge in [0.15, 0.2) is 0 Å². The first-order valence-electron chi connectivity index (χ1n) is 7.11. The van der Waals surface area contributed by atoms with Gasteiger partial charge in [0, 0.05) is 6.92 Å². The second-order valence-corrected chi connectivity index (χ2v) is 6.07. The van der Waals surface area contributed by atoms with Gasteiger partial charge < -0.3 is 14.8 Å². The number of rotatable bonds is 2. The minimum Gasteiger partial charge on any atom is -0.458 e. The van der Waals surface area contributed by atoms with Crippen LogP contribution in [0.2, 0.25) is 0 Å². The summed E-state index contributed by atoms with van der Waals surface area (Å²) >= 11 is 0. The van der Waals surface area contributed by atoms with Gasteiger partial charge in [-0.3, -0.25) is 4.79 Å². The van der Waals surface area contributed by atoms with Crippen LogP contribution in [0.5, 0.6) is 0 Å². The van der Waals surface area contributed by atoms with Gasteiger partial charge in [-0.2, -0.15) is 0 Å². The molecule has 0 bridgehead atoms. The van der Waals surface area contributed by atoms with Gasteiger partial charge in [-0.05, 0) is 46.1 Å². The highest BCUT2D eigenvalue weighted by Crippen LogP contribution is 2.15. The molecule has 0 radical (unpaired) electrons. The third-order valence-electron chi connectivity index (χ3n) is 2.83. The molecule has 0 saturated heterocycles. The molecule has 1 N–H and O–H groups in total. The van der Waals surface area contributed by atoms with Crippen LogP contribution < -0.4 is 5.32 Å². The average molecular weight is 283 g/mol. The molecule has 1 aliphatic rings. The minimum atomic E-state index is -0.504. The van der Waals surface area contributed by atoms with E-state index in [9.17, 15) is 9.59 Å². The lowest BCUT2D eigenvalue weighted by atomic mass is 10.0. The molecule has 0 fully saturated rings. The molecule has 5 heteroatoms. The van der Waals surface area contributed by atoms with Crippen molar-refractivity contribution in [2.24, 2.45) is 0 Å². The van der Waals surface area contributed by atoms with Crippen molar-refractivity contribution < 1.29 is 19.1 Å². The van der Waals surface area contributed by atoms with Crippen molar-refractivity contribution in [2.75, 3.05) is 0 Å². The number of nitrogens with one attached hydrogen (secondary N) is 1. The summed E-state index contributed by atoms with van der Waals surface area (Å²) in [6, 6.07) is -0.0804. The molecule has 0 aromatic rings. The molecule has 1 amide bonds. The minimum absolute atomic E-state index is 0.0804. The Morgan fingerprint density at radius 2 is 1.80 bits per heavy atom. The third-order valence-corrected chi connectivity index (χ3v) is 2.83. The van der Waals surface area contributed by atoms with E-state index in [1.165, 1.54) is 6.92 Å². The second-order valence-electron chi connectivity index (χ2n) is 6.07. The average Bonchev–Trinajstić information content (AvgIpc) is 2.23. The van der Waals surface area contributed by atoms with E-state index in [1.54, 1.807) is 0 Å². The zero-order valence-electron chi connectivity index (χ0n) is 12.8. The molecule has 0 saturated carbocycles. The van der Waals surface area contributed by atoms with Crippen molar-refractivity contribution in [3.63, 3.8) is 0 Å². The largest absolute Gasteiger partial charge is 0.458 e. The molecule has 0 heterocycles. The Morgan fingerprint density at radius 1 is 1.15 bits per heavy atom. The third kappa shape index (κ3) is 7.16. The van der Waals surface area contributed by atoms with Gasteiger partial charge in [-0.1, -0.05) is 12.5 Å². The summed E-state index contributed by atoms with van der Waals surface area (Å²) in [5.74, 6) is -0.281. The van der Waals surface area contributed by atoms with Crippen LogP contribution in [0.3, 0.4) is 0 Å². The summed E-state index contributed by atoms with van der Waals surface area (Å²) in [4.78, 5) is 22.7. The maximum atomic E-state index is 11.7. The Hall–Kier alpha value is -1.52. The smallest absolute Gasteiger partial charge is 0.408 e. The lowest BCUT2D eigenvalue weighted by molar-refractivity contribution is -0.144. The van der Waals surface area contributed by atoms with Crippen molar-refractivity contribution in [2.45, 2.75) is 71.1 Å². The molecule has 2 atom stereocenters. The molecule has 0 aromatic carbocycles. The first-order chi connectivity index (χ1) is 9.26. The fraction of sp³-hybridized carbons (Fsp3) is 0.733. The number of hydrogen-bond acceptors (Lipinski definition) is 4. The Balaban J connectivity index is 2.54. The fourth-order valence-electron chi connectivity index (χ4n) is 2.05. The number of alkyl carbamates (subject to hydrolysis) is 1. The van der Waals surface area contributed by atoms with Crippen molar-refractivity contribution in [3.8, 4) is 0 Å². The van der Waals surface area contributed by atoms with Gasteiger partial charge in [0.1, 0.15) is 11.7 Å². The first kappa shape index (κ1) is 16.5. The topological polar surface area (TPSA) is 64.6 Å². The van der Waals surface area contributed by atoms with Gasteiger partial charge in [-0.15, -0.1) is 0 Å². The standard InChI is InChI=1S/C15H25NO4/c1-11(17)19-13-8-6-5-7-12(9-10-13)16-14(18)20-15(2,3)4/h9-10,12-13H,5-8H2,1-4H3,(H,16,18)/t12-,13+/m1/s1. The number of carbonyl (C=O) groups is 2. The van der Waals surface area contributed by atoms with Crippen molar-refractivity contribution in [1.82, 2.24) is 5.32 Å². The maximum absolute atomic E-state index is 11.7. The number of esters is 1. The van der Waals surface area contributed by atoms with E-state index < -0.39 is 11.7 Å². The summed E-state index contributed by atoms with van der Waals surface area (Å²) in [6.07, 6.45) is 6.75. The molecule has 20 heavy (non-hydrogen) atoms. The van der Waals surface area contributed by atoms with Crippen molar-refractivity contribution in [3.05, 3.63) is 12.2 Å². The quantitative estimate of drug-likeness (QED) is 0.625. The van der Waals surface area contributed by atoms with Crippen molar-refractivity contribution >= 4 is 12.1 Å². The molecular formula is C15H25NO4. The van der Waals surface area contributed by atoms with E-state index in [-0.39, 0.29) is 18.1 Å². The summed E-state index contributed by atoms with van der Waals surface area (Å²) in [7, 11) is 0. The predicted octanol–water partition coefficient (Wildman–Crippen LogP) is 2.94. The van der Waals surface area contributed by atoms with Crippen LogP contribution in [-0.4, -0.2) is 29.8 Å². The monoisotopic (exact) mass is 283 g/mol. The first-order valence-corrected chi connectivity index (χ1v) is 7.11. The van der Waals surface area contributed by atoms with Crippen LogP contribution in [0.1, 0.15) is 53.4 Å². The number of carbonyl (C=O) groups excluding carboxylic acids is 2. The number of amides is 1. The number of hydrogen-bond donors (Lipinski definition) is 1. The van der Waals surface area contributed by atoms with E-state index in [1.807, 2.05) is 32.9 Å². The van der Waals surface area contributed by atoms with E-state index in [2.05, 4.69) is 5.32 Å². The van der Waals surface area contributed by atoms with Crippen molar-refractivity contribution in [1.29, 1.82) is 0 Å². The van der Waals surface area contributed by atoms with Gasteiger partial charge in [-0.25, -0.2) is 4.79 Å². The van der Waals surface area contributed by atoms with Gasteiger partial charge in [0.05, 0.1) is 6.04 Å². The lowest BCUT2D eigenvalue weighted by Gasteiger charge is -2.24. The lowest BCUT2D eigenvalue weighted by Crippen LogP contribution is -2.38. The van der Waals surface area contributed by atoms with Gasteiger partial charge >= 0.3 is 12.1 Å². The zero-order chi connectivity index (χ0) is 15.2. The van der Waals surface area contributed by atoms with E-state index >= 15 is 0 Å². The van der Waals surface area contributed by atoms with Crippen LogP contribution in [0, 0.1) is 0 Å². The molecule has 0 unspecified atom stereocenters. The molecule has 1 rings (SSSR count). The van der Waals surface area contributed by atoms with Crippen LogP contribution in [-0.2, 0) is 14.3 Å². The highest BCUT2D eigenvalue weighted by atomic mass is 16.6. The van der Waals surface area contributed by atoms with Crippen LogP contribution in [0.4, 0.5) is 4.79 Å². The fourth-order valence-corrected chi connectivity index (χ4v) is 2.05.